The lowest BCUT2D eigenvalue weighted by atomic mass is 10.2. The maximum Gasteiger partial charge on any atom is 0.416 e. The monoisotopic (exact) mass is 316 g/mol. The highest BCUT2D eigenvalue weighted by atomic mass is 35.5. The molecule has 0 radical (unpaired) electrons. The van der Waals surface area contributed by atoms with Crippen LogP contribution in [0.4, 0.5) is 24.7 Å². The molecule has 0 atom stereocenters. The van der Waals surface area contributed by atoms with Crippen LogP contribution >= 0.6 is 11.6 Å². The van der Waals surface area contributed by atoms with Crippen LogP contribution in [0.25, 0.3) is 0 Å². The summed E-state index contributed by atoms with van der Waals surface area (Å²) in [6.07, 6.45) is -4.41. The molecule has 0 saturated heterocycles. The molecule has 0 amide bonds. The lowest BCUT2D eigenvalue weighted by Crippen LogP contribution is -2.05. The average Bonchev–Trinajstić information content (AvgIpc) is 2.37. The van der Waals surface area contributed by atoms with Crippen molar-refractivity contribution in [1.29, 1.82) is 0 Å². The Hall–Kier alpha value is -2.28. The molecule has 1 aromatic carbocycles. The summed E-state index contributed by atoms with van der Waals surface area (Å²) in [5, 5.41) is 11.5. The summed E-state index contributed by atoms with van der Waals surface area (Å²) in [6, 6.07) is 6.64. The van der Waals surface area contributed by atoms with Gasteiger partial charge in [-0.1, -0.05) is 11.6 Å². The van der Waals surface area contributed by atoms with Gasteiger partial charge in [-0.05, 0) is 36.4 Å². The minimum Gasteiger partial charge on any atom is -0.478 e. The van der Waals surface area contributed by atoms with E-state index < -0.39 is 17.7 Å². The van der Waals surface area contributed by atoms with Gasteiger partial charge in [-0.15, -0.1) is 0 Å². The zero-order valence-electron chi connectivity index (χ0n) is 10.3. The highest BCUT2D eigenvalue weighted by molar-refractivity contribution is 6.29. The molecule has 4 nitrogen and oxygen atoms in total. The molecule has 21 heavy (non-hydrogen) atoms. The first-order valence-corrected chi connectivity index (χ1v) is 5.98. The Morgan fingerprint density at radius 1 is 1.19 bits per heavy atom. The fourth-order valence-corrected chi connectivity index (χ4v) is 1.78. The van der Waals surface area contributed by atoms with Gasteiger partial charge in [0.1, 0.15) is 11.0 Å². The van der Waals surface area contributed by atoms with Gasteiger partial charge in [0.25, 0.3) is 0 Å². The number of pyridine rings is 1. The van der Waals surface area contributed by atoms with E-state index in [0.717, 1.165) is 12.1 Å². The molecule has 0 bridgehead atoms. The minimum atomic E-state index is -4.41. The van der Waals surface area contributed by atoms with Crippen LogP contribution < -0.4 is 5.32 Å². The molecule has 0 spiro atoms. The number of anilines is 2. The molecule has 0 aliphatic rings. The van der Waals surface area contributed by atoms with E-state index in [4.69, 9.17) is 16.7 Å². The summed E-state index contributed by atoms with van der Waals surface area (Å²) in [6.45, 7) is 0. The highest BCUT2D eigenvalue weighted by Crippen LogP contribution is 2.30. The van der Waals surface area contributed by atoms with Crippen LogP contribution in [0.3, 0.4) is 0 Å². The summed E-state index contributed by atoms with van der Waals surface area (Å²) in [5.74, 6) is -1.06. The third-order valence-electron chi connectivity index (χ3n) is 2.53. The number of hydrogen-bond donors (Lipinski definition) is 2. The van der Waals surface area contributed by atoms with Crippen molar-refractivity contribution in [3.05, 3.63) is 52.7 Å². The number of carboxylic acid groups (broad SMARTS) is 1. The first-order chi connectivity index (χ1) is 9.75. The standard InChI is InChI=1S/C13H8ClF3N2O2/c14-10-5-7(12(20)21)6-11(19-10)18-9-3-1-8(2-4-9)13(15,16)17/h1-6H,(H,18,19)(H,20,21). The van der Waals surface area contributed by atoms with Crippen LogP contribution in [0.2, 0.25) is 5.15 Å². The summed E-state index contributed by atoms with van der Waals surface area (Å²) in [4.78, 5) is 14.7. The number of hydrogen-bond acceptors (Lipinski definition) is 3. The predicted molar refractivity (Wildman–Crippen MR) is 70.9 cm³/mol. The molecule has 0 unspecified atom stereocenters. The van der Waals surface area contributed by atoms with Crippen molar-refractivity contribution >= 4 is 29.1 Å². The summed E-state index contributed by atoms with van der Waals surface area (Å²) < 4.78 is 37.3. The van der Waals surface area contributed by atoms with Crippen molar-refractivity contribution in [2.75, 3.05) is 5.32 Å². The van der Waals surface area contributed by atoms with E-state index in [1.165, 1.54) is 24.3 Å². The van der Waals surface area contributed by atoms with Gasteiger partial charge < -0.3 is 10.4 Å². The number of rotatable bonds is 3. The second-order valence-electron chi connectivity index (χ2n) is 4.07. The number of nitrogens with zero attached hydrogens (tertiary/aromatic N) is 1. The van der Waals surface area contributed by atoms with Crippen molar-refractivity contribution < 1.29 is 23.1 Å². The van der Waals surface area contributed by atoms with Crippen LogP contribution in [0.5, 0.6) is 0 Å². The van der Waals surface area contributed by atoms with Gasteiger partial charge in [-0.2, -0.15) is 13.2 Å². The smallest absolute Gasteiger partial charge is 0.416 e. The van der Waals surface area contributed by atoms with Crippen LogP contribution in [-0.2, 0) is 6.18 Å². The molecule has 0 aliphatic carbocycles. The topological polar surface area (TPSA) is 62.2 Å². The molecule has 1 aromatic heterocycles. The Balaban J connectivity index is 2.24. The maximum atomic E-state index is 12.4. The van der Waals surface area contributed by atoms with E-state index >= 15 is 0 Å². The zero-order valence-corrected chi connectivity index (χ0v) is 11.0. The van der Waals surface area contributed by atoms with Crippen molar-refractivity contribution in [2.45, 2.75) is 6.18 Å². The molecular weight excluding hydrogens is 309 g/mol. The normalized spacial score (nSPS) is 11.2. The quantitative estimate of drug-likeness (QED) is 0.833. The summed E-state index contributed by atoms with van der Waals surface area (Å²) in [5.41, 5.74) is -0.531. The lowest BCUT2D eigenvalue weighted by molar-refractivity contribution is -0.137. The third-order valence-corrected chi connectivity index (χ3v) is 2.72. The van der Waals surface area contributed by atoms with Gasteiger partial charge in [-0.3, -0.25) is 0 Å². The molecule has 2 rings (SSSR count). The first-order valence-electron chi connectivity index (χ1n) is 5.61. The van der Waals surface area contributed by atoms with Crippen molar-refractivity contribution in [2.24, 2.45) is 0 Å². The number of aromatic carboxylic acids is 1. The van der Waals surface area contributed by atoms with Gasteiger partial charge in [-0.25, -0.2) is 9.78 Å². The van der Waals surface area contributed by atoms with E-state index in [2.05, 4.69) is 10.3 Å². The minimum absolute atomic E-state index is 0.0377. The van der Waals surface area contributed by atoms with Gasteiger partial charge in [0.05, 0.1) is 11.1 Å². The fourth-order valence-electron chi connectivity index (χ4n) is 1.57. The molecule has 0 fully saturated rings. The van der Waals surface area contributed by atoms with E-state index in [0.29, 0.717) is 5.69 Å². The molecule has 8 heteroatoms. The first kappa shape index (κ1) is 15.1. The van der Waals surface area contributed by atoms with Crippen LogP contribution in [0.15, 0.2) is 36.4 Å². The lowest BCUT2D eigenvalue weighted by Gasteiger charge is -2.09. The Morgan fingerprint density at radius 3 is 2.33 bits per heavy atom. The summed E-state index contributed by atoms with van der Waals surface area (Å²) in [7, 11) is 0. The average molecular weight is 317 g/mol. The molecular formula is C13H8ClF3N2O2. The van der Waals surface area contributed by atoms with Gasteiger partial charge in [0.2, 0.25) is 0 Å². The SMILES string of the molecule is O=C(O)c1cc(Cl)nc(Nc2ccc(C(F)(F)F)cc2)c1. The van der Waals surface area contributed by atoms with Gasteiger partial charge >= 0.3 is 12.1 Å². The molecule has 2 N–H and O–H groups in total. The van der Waals surface area contributed by atoms with E-state index in [1.807, 2.05) is 0 Å². The van der Waals surface area contributed by atoms with E-state index in [-0.39, 0.29) is 16.5 Å². The Labute approximate surface area is 122 Å². The molecule has 110 valence electrons. The number of alkyl halides is 3. The molecule has 0 saturated carbocycles. The van der Waals surface area contributed by atoms with Crippen molar-refractivity contribution in [1.82, 2.24) is 4.98 Å². The molecule has 1 heterocycles. The van der Waals surface area contributed by atoms with Crippen LogP contribution in [-0.4, -0.2) is 16.1 Å². The molecule has 0 aliphatic heterocycles. The Morgan fingerprint density at radius 2 is 1.81 bits per heavy atom. The van der Waals surface area contributed by atoms with E-state index in [1.54, 1.807) is 0 Å². The molecule has 2 aromatic rings. The zero-order chi connectivity index (χ0) is 15.6. The maximum absolute atomic E-state index is 12.4. The number of carboxylic acids is 1. The van der Waals surface area contributed by atoms with Gasteiger partial charge in [0.15, 0.2) is 0 Å². The largest absolute Gasteiger partial charge is 0.478 e. The predicted octanol–water partition coefficient (Wildman–Crippen LogP) is 4.20. The van der Waals surface area contributed by atoms with E-state index in [9.17, 15) is 18.0 Å². The highest BCUT2D eigenvalue weighted by Gasteiger charge is 2.29. The number of aromatic nitrogens is 1. The number of carbonyl (C=O) groups is 1. The van der Waals surface area contributed by atoms with Crippen LogP contribution in [0, 0.1) is 0 Å². The summed E-state index contributed by atoms with van der Waals surface area (Å²) >= 11 is 5.68. The number of halogens is 4. The number of nitrogens with one attached hydrogen (secondary N) is 1. The Bertz CT molecular complexity index is 672. The van der Waals surface area contributed by atoms with Crippen molar-refractivity contribution in [3.8, 4) is 0 Å². The second kappa shape index (κ2) is 5.61. The fraction of sp³-hybridized carbons (Fsp3) is 0.0769. The Kier molecular flexibility index (Phi) is 4.04. The van der Waals surface area contributed by atoms with Gasteiger partial charge in [0, 0.05) is 5.69 Å². The second-order valence-corrected chi connectivity index (χ2v) is 4.46. The third kappa shape index (κ3) is 3.85. The number of benzene rings is 1. The van der Waals surface area contributed by atoms with Crippen molar-refractivity contribution in [3.63, 3.8) is 0 Å². The van der Waals surface area contributed by atoms with Crippen LogP contribution in [0.1, 0.15) is 15.9 Å².